The quantitative estimate of drug-likeness (QED) is 0.929. The maximum Gasteiger partial charge on any atom is 0.264 e. The van der Waals surface area contributed by atoms with Crippen LogP contribution in [-0.4, -0.2) is 20.4 Å². The molecule has 1 heterocycles. The maximum atomic E-state index is 12.7. The van der Waals surface area contributed by atoms with E-state index in [0.717, 1.165) is 4.31 Å². The first-order chi connectivity index (χ1) is 9.87. The van der Waals surface area contributed by atoms with E-state index in [-0.39, 0.29) is 16.1 Å². The third-order valence-electron chi connectivity index (χ3n) is 3.12. The lowest BCUT2D eigenvalue weighted by Crippen LogP contribution is -2.28. The standard InChI is InChI=1S/C14H14N4O2S/c1-10-3-4-11(8-15)7-14(10)21(19,20)18(2)13-5-6-17-9-12(13)16/h3-7,9H,16H2,1-2H3. The first kappa shape index (κ1) is 14.8. The van der Waals surface area contributed by atoms with Crippen molar-refractivity contribution >= 4 is 21.4 Å². The number of aromatic nitrogens is 1. The average molecular weight is 302 g/mol. The largest absolute Gasteiger partial charge is 0.396 e. The van der Waals surface area contributed by atoms with Crippen molar-refractivity contribution in [2.24, 2.45) is 0 Å². The molecule has 0 unspecified atom stereocenters. The molecule has 0 aliphatic heterocycles. The molecule has 0 radical (unpaired) electrons. The summed E-state index contributed by atoms with van der Waals surface area (Å²) in [5.74, 6) is 0. The van der Waals surface area contributed by atoms with E-state index in [9.17, 15) is 8.42 Å². The summed E-state index contributed by atoms with van der Waals surface area (Å²) in [6.45, 7) is 1.68. The number of hydrogen-bond donors (Lipinski definition) is 1. The fraction of sp³-hybridized carbons (Fsp3) is 0.143. The van der Waals surface area contributed by atoms with Crippen molar-refractivity contribution in [2.45, 2.75) is 11.8 Å². The van der Waals surface area contributed by atoms with Crippen molar-refractivity contribution in [2.75, 3.05) is 17.1 Å². The lowest BCUT2D eigenvalue weighted by atomic mass is 10.2. The highest BCUT2D eigenvalue weighted by Crippen LogP contribution is 2.28. The molecule has 108 valence electrons. The van der Waals surface area contributed by atoms with Crippen molar-refractivity contribution in [3.8, 4) is 6.07 Å². The van der Waals surface area contributed by atoms with E-state index in [2.05, 4.69) is 4.98 Å². The Morgan fingerprint density at radius 3 is 2.67 bits per heavy atom. The van der Waals surface area contributed by atoms with Gasteiger partial charge in [0.2, 0.25) is 0 Å². The Labute approximate surface area is 123 Å². The molecule has 2 aromatic rings. The van der Waals surface area contributed by atoms with Gasteiger partial charge in [0.25, 0.3) is 10.0 Å². The van der Waals surface area contributed by atoms with Gasteiger partial charge >= 0.3 is 0 Å². The van der Waals surface area contributed by atoms with Gasteiger partial charge in [-0.2, -0.15) is 5.26 Å². The summed E-state index contributed by atoms with van der Waals surface area (Å²) in [6.07, 6.45) is 2.86. The number of anilines is 2. The Hall–Kier alpha value is -2.59. The molecule has 0 atom stereocenters. The smallest absolute Gasteiger partial charge is 0.264 e. The van der Waals surface area contributed by atoms with Crippen molar-refractivity contribution in [3.05, 3.63) is 47.8 Å². The van der Waals surface area contributed by atoms with Crippen LogP contribution in [0.2, 0.25) is 0 Å². The molecule has 0 saturated carbocycles. The van der Waals surface area contributed by atoms with Gasteiger partial charge < -0.3 is 5.73 Å². The predicted octanol–water partition coefficient (Wildman–Crippen LogP) is 1.67. The normalized spacial score (nSPS) is 10.9. The summed E-state index contributed by atoms with van der Waals surface area (Å²) in [7, 11) is -2.39. The molecule has 0 saturated heterocycles. The van der Waals surface area contributed by atoms with Crippen LogP contribution in [0.1, 0.15) is 11.1 Å². The van der Waals surface area contributed by atoms with Gasteiger partial charge in [0.05, 0.1) is 34.1 Å². The van der Waals surface area contributed by atoms with Crippen LogP contribution < -0.4 is 10.0 Å². The van der Waals surface area contributed by atoms with Gasteiger partial charge in [0.1, 0.15) is 0 Å². The number of nitrogen functional groups attached to an aromatic ring is 1. The molecule has 21 heavy (non-hydrogen) atoms. The van der Waals surface area contributed by atoms with Crippen LogP contribution >= 0.6 is 0 Å². The highest BCUT2D eigenvalue weighted by atomic mass is 32.2. The number of nitrogens with zero attached hydrogens (tertiary/aromatic N) is 3. The molecule has 0 spiro atoms. The molecule has 0 aliphatic rings. The summed E-state index contributed by atoms with van der Waals surface area (Å²) in [4.78, 5) is 3.92. The molecular weight excluding hydrogens is 288 g/mol. The second-order valence-electron chi connectivity index (χ2n) is 4.50. The Morgan fingerprint density at radius 2 is 2.05 bits per heavy atom. The van der Waals surface area contributed by atoms with E-state index in [4.69, 9.17) is 11.0 Å². The summed E-state index contributed by atoms with van der Waals surface area (Å²) >= 11 is 0. The number of pyridine rings is 1. The van der Waals surface area contributed by atoms with Crippen LogP contribution in [0.5, 0.6) is 0 Å². The maximum absolute atomic E-state index is 12.7. The van der Waals surface area contributed by atoms with E-state index in [1.807, 2.05) is 6.07 Å². The number of sulfonamides is 1. The van der Waals surface area contributed by atoms with Crippen LogP contribution in [0.15, 0.2) is 41.6 Å². The van der Waals surface area contributed by atoms with Crippen LogP contribution in [0.25, 0.3) is 0 Å². The Morgan fingerprint density at radius 1 is 1.33 bits per heavy atom. The number of nitrogens with two attached hydrogens (primary N) is 1. The topological polar surface area (TPSA) is 100 Å². The zero-order chi connectivity index (χ0) is 15.6. The number of hydrogen-bond acceptors (Lipinski definition) is 5. The molecule has 0 fully saturated rings. The molecule has 2 N–H and O–H groups in total. The fourth-order valence-corrected chi connectivity index (χ4v) is 3.38. The highest BCUT2D eigenvalue weighted by Gasteiger charge is 2.24. The Balaban J connectivity index is 2.58. The van der Waals surface area contributed by atoms with Gasteiger partial charge in [-0.1, -0.05) is 6.07 Å². The monoisotopic (exact) mass is 302 g/mol. The molecule has 1 aromatic carbocycles. The second kappa shape index (κ2) is 5.42. The average Bonchev–Trinajstić information content (AvgIpc) is 2.47. The highest BCUT2D eigenvalue weighted by molar-refractivity contribution is 7.92. The van der Waals surface area contributed by atoms with Gasteiger partial charge in [0.15, 0.2) is 0 Å². The third kappa shape index (κ3) is 2.66. The molecular formula is C14H14N4O2S. The van der Waals surface area contributed by atoms with E-state index in [1.165, 1.54) is 31.6 Å². The van der Waals surface area contributed by atoms with E-state index < -0.39 is 10.0 Å². The zero-order valence-corrected chi connectivity index (χ0v) is 12.4. The molecule has 1 aromatic heterocycles. The summed E-state index contributed by atoms with van der Waals surface area (Å²) in [5.41, 5.74) is 7.22. The number of aryl methyl sites for hydroxylation is 1. The van der Waals surface area contributed by atoms with Gasteiger partial charge in [-0.3, -0.25) is 9.29 Å². The van der Waals surface area contributed by atoms with E-state index in [0.29, 0.717) is 11.3 Å². The van der Waals surface area contributed by atoms with Gasteiger partial charge in [0, 0.05) is 13.2 Å². The third-order valence-corrected chi connectivity index (χ3v) is 5.04. The van der Waals surface area contributed by atoms with Crippen LogP contribution in [0.4, 0.5) is 11.4 Å². The minimum atomic E-state index is -3.80. The van der Waals surface area contributed by atoms with Crippen molar-refractivity contribution in [1.82, 2.24) is 4.98 Å². The van der Waals surface area contributed by atoms with E-state index >= 15 is 0 Å². The fourth-order valence-electron chi connectivity index (χ4n) is 1.91. The van der Waals surface area contributed by atoms with Crippen molar-refractivity contribution < 1.29 is 8.42 Å². The lowest BCUT2D eigenvalue weighted by Gasteiger charge is -2.21. The van der Waals surface area contributed by atoms with Crippen LogP contribution in [0.3, 0.4) is 0 Å². The number of benzene rings is 1. The molecule has 0 bridgehead atoms. The second-order valence-corrected chi connectivity index (χ2v) is 6.44. The summed E-state index contributed by atoms with van der Waals surface area (Å²) in [5, 5.41) is 8.93. The summed E-state index contributed by atoms with van der Waals surface area (Å²) in [6, 6.07) is 8.01. The lowest BCUT2D eigenvalue weighted by molar-refractivity contribution is 0.594. The predicted molar refractivity (Wildman–Crippen MR) is 80.1 cm³/mol. The molecule has 7 heteroatoms. The minimum Gasteiger partial charge on any atom is -0.396 e. The first-order valence-corrected chi connectivity index (χ1v) is 7.51. The minimum absolute atomic E-state index is 0.0836. The van der Waals surface area contributed by atoms with Crippen molar-refractivity contribution in [1.29, 1.82) is 5.26 Å². The van der Waals surface area contributed by atoms with E-state index in [1.54, 1.807) is 19.1 Å². The first-order valence-electron chi connectivity index (χ1n) is 6.07. The zero-order valence-electron chi connectivity index (χ0n) is 11.6. The SMILES string of the molecule is Cc1ccc(C#N)cc1S(=O)(=O)N(C)c1ccncc1N. The Kier molecular flexibility index (Phi) is 3.82. The van der Waals surface area contributed by atoms with Crippen LogP contribution in [0, 0.1) is 18.3 Å². The Bertz CT molecular complexity index is 825. The number of nitriles is 1. The molecule has 6 nitrogen and oxygen atoms in total. The summed E-state index contributed by atoms with van der Waals surface area (Å²) < 4.78 is 26.5. The van der Waals surface area contributed by atoms with Crippen molar-refractivity contribution in [3.63, 3.8) is 0 Å². The van der Waals surface area contributed by atoms with Gasteiger partial charge in [-0.15, -0.1) is 0 Å². The molecule has 2 rings (SSSR count). The molecule has 0 amide bonds. The number of rotatable bonds is 3. The van der Waals surface area contributed by atoms with Crippen LogP contribution in [-0.2, 0) is 10.0 Å². The van der Waals surface area contributed by atoms with Gasteiger partial charge in [-0.05, 0) is 30.7 Å². The van der Waals surface area contributed by atoms with Gasteiger partial charge in [-0.25, -0.2) is 8.42 Å². The molecule has 0 aliphatic carbocycles.